The molecule has 0 bridgehead atoms. The number of hydrogen-bond donors (Lipinski definition) is 2. The fraction of sp³-hybridized carbons (Fsp3) is 0.0952. The van der Waals surface area contributed by atoms with Crippen molar-refractivity contribution in [1.82, 2.24) is 0 Å². The van der Waals surface area contributed by atoms with E-state index in [0.29, 0.717) is 11.3 Å². The molecule has 0 saturated carbocycles. The molecule has 0 heterocycles. The Morgan fingerprint density at radius 2 is 1.54 bits per heavy atom. The van der Waals surface area contributed by atoms with E-state index in [4.69, 9.17) is 0 Å². The molecule has 3 rings (SSSR count). The lowest BCUT2D eigenvalue weighted by atomic mass is 10.1. The molecule has 144 valence electrons. The number of carbonyl (C=O) groups is 1. The zero-order valence-corrected chi connectivity index (χ0v) is 17.8. The van der Waals surface area contributed by atoms with Gasteiger partial charge in [0.2, 0.25) is 0 Å². The van der Waals surface area contributed by atoms with Crippen molar-refractivity contribution in [2.75, 3.05) is 10.0 Å². The zero-order chi connectivity index (χ0) is 20.3. The lowest BCUT2D eigenvalue weighted by Gasteiger charge is -2.11. The van der Waals surface area contributed by atoms with Crippen molar-refractivity contribution in [3.05, 3.63) is 87.9 Å². The topological polar surface area (TPSA) is 75.3 Å². The highest BCUT2D eigenvalue weighted by Gasteiger charge is 2.14. The van der Waals surface area contributed by atoms with Crippen molar-refractivity contribution in [2.45, 2.75) is 18.7 Å². The summed E-state index contributed by atoms with van der Waals surface area (Å²) in [5, 5.41) is 2.88. The molecule has 0 aliphatic carbocycles. The Bertz CT molecular complexity index is 1110. The first-order valence-electron chi connectivity index (χ1n) is 8.52. The summed E-state index contributed by atoms with van der Waals surface area (Å²) in [4.78, 5) is 12.6. The molecular weight excluding hydrogens is 440 g/mol. The molecule has 0 spiro atoms. The number of benzene rings is 3. The third-order valence-electron chi connectivity index (χ3n) is 4.38. The van der Waals surface area contributed by atoms with E-state index in [1.54, 1.807) is 36.4 Å². The second kappa shape index (κ2) is 8.16. The van der Waals surface area contributed by atoms with E-state index in [2.05, 4.69) is 26.0 Å². The summed E-state index contributed by atoms with van der Waals surface area (Å²) in [5.41, 5.74) is 3.67. The van der Waals surface area contributed by atoms with Gasteiger partial charge in [0, 0.05) is 21.4 Å². The molecular formula is C21H19BrN2O3S. The van der Waals surface area contributed by atoms with Gasteiger partial charge in [0.25, 0.3) is 15.9 Å². The average molecular weight is 459 g/mol. The first-order chi connectivity index (χ1) is 13.3. The van der Waals surface area contributed by atoms with Crippen molar-refractivity contribution in [1.29, 1.82) is 0 Å². The van der Waals surface area contributed by atoms with Crippen LogP contribution in [-0.4, -0.2) is 14.3 Å². The molecule has 0 atom stereocenters. The maximum atomic E-state index is 12.5. The number of halogens is 1. The van der Waals surface area contributed by atoms with E-state index < -0.39 is 10.0 Å². The third-order valence-corrected chi connectivity index (χ3v) is 6.30. The van der Waals surface area contributed by atoms with Gasteiger partial charge in [-0.05, 0) is 79.6 Å². The van der Waals surface area contributed by atoms with Crippen LogP contribution in [0, 0.1) is 13.8 Å². The number of carbonyl (C=O) groups excluding carboxylic acids is 1. The Labute approximate surface area is 173 Å². The van der Waals surface area contributed by atoms with Crippen LogP contribution >= 0.6 is 15.9 Å². The molecule has 3 aromatic carbocycles. The second-order valence-electron chi connectivity index (χ2n) is 6.34. The van der Waals surface area contributed by atoms with Gasteiger partial charge in [-0.2, -0.15) is 0 Å². The van der Waals surface area contributed by atoms with Gasteiger partial charge in [-0.1, -0.05) is 28.1 Å². The minimum absolute atomic E-state index is 0.160. The zero-order valence-electron chi connectivity index (χ0n) is 15.4. The highest BCUT2D eigenvalue weighted by Crippen LogP contribution is 2.21. The summed E-state index contributed by atoms with van der Waals surface area (Å²) in [6.07, 6.45) is 0. The van der Waals surface area contributed by atoms with Crippen LogP contribution in [-0.2, 0) is 10.0 Å². The number of aryl methyl sites for hydroxylation is 1. The predicted molar refractivity (Wildman–Crippen MR) is 115 cm³/mol. The fourth-order valence-electron chi connectivity index (χ4n) is 2.60. The molecule has 7 heteroatoms. The van der Waals surface area contributed by atoms with Crippen LogP contribution in [0.2, 0.25) is 0 Å². The normalized spacial score (nSPS) is 11.1. The van der Waals surface area contributed by atoms with Crippen LogP contribution in [0.15, 0.2) is 76.1 Å². The monoisotopic (exact) mass is 458 g/mol. The summed E-state index contributed by atoms with van der Waals surface area (Å²) >= 11 is 3.28. The summed E-state index contributed by atoms with van der Waals surface area (Å²) in [6.45, 7) is 3.93. The van der Waals surface area contributed by atoms with E-state index in [9.17, 15) is 13.2 Å². The minimum atomic E-state index is -3.69. The fourth-order valence-corrected chi connectivity index (χ4v) is 3.92. The highest BCUT2D eigenvalue weighted by molar-refractivity contribution is 9.10. The molecule has 0 aromatic heterocycles. The van der Waals surface area contributed by atoms with Crippen LogP contribution in [0.3, 0.4) is 0 Å². The predicted octanol–water partition coefficient (Wildman–Crippen LogP) is 5.12. The largest absolute Gasteiger partial charge is 0.322 e. The van der Waals surface area contributed by atoms with Crippen molar-refractivity contribution in [3.8, 4) is 0 Å². The van der Waals surface area contributed by atoms with Gasteiger partial charge in [0.05, 0.1) is 4.90 Å². The summed E-state index contributed by atoms with van der Waals surface area (Å²) in [6, 6.07) is 18.4. The van der Waals surface area contributed by atoms with Gasteiger partial charge in [-0.3, -0.25) is 9.52 Å². The highest BCUT2D eigenvalue weighted by atomic mass is 79.9. The van der Waals surface area contributed by atoms with E-state index in [1.165, 1.54) is 12.1 Å². The maximum absolute atomic E-state index is 12.5. The molecule has 3 aromatic rings. The first-order valence-corrected chi connectivity index (χ1v) is 10.8. The Hall–Kier alpha value is -2.64. The minimum Gasteiger partial charge on any atom is -0.322 e. The number of nitrogens with one attached hydrogen (secondary N) is 2. The van der Waals surface area contributed by atoms with E-state index in [1.807, 2.05) is 32.0 Å². The maximum Gasteiger partial charge on any atom is 0.261 e. The van der Waals surface area contributed by atoms with E-state index in [0.717, 1.165) is 21.3 Å². The Morgan fingerprint density at radius 3 is 2.18 bits per heavy atom. The van der Waals surface area contributed by atoms with Crippen molar-refractivity contribution < 1.29 is 13.2 Å². The van der Waals surface area contributed by atoms with Crippen LogP contribution < -0.4 is 10.0 Å². The summed E-state index contributed by atoms with van der Waals surface area (Å²) < 4.78 is 28.2. The summed E-state index contributed by atoms with van der Waals surface area (Å²) in [7, 11) is -3.69. The van der Waals surface area contributed by atoms with Gasteiger partial charge >= 0.3 is 0 Å². The molecule has 0 saturated heterocycles. The molecule has 0 aliphatic heterocycles. The number of anilines is 2. The van der Waals surface area contributed by atoms with Gasteiger partial charge in [0.15, 0.2) is 0 Å². The molecule has 28 heavy (non-hydrogen) atoms. The molecule has 0 aliphatic rings. The lowest BCUT2D eigenvalue weighted by Crippen LogP contribution is -2.14. The van der Waals surface area contributed by atoms with E-state index in [-0.39, 0.29) is 10.8 Å². The lowest BCUT2D eigenvalue weighted by molar-refractivity contribution is 0.102. The van der Waals surface area contributed by atoms with Gasteiger partial charge in [-0.15, -0.1) is 0 Å². The van der Waals surface area contributed by atoms with Gasteiger partial charge in [0.1, 0.15) is 0 Å². The quantitative estimate of drug-likeness (QED) is 0.556. The Balaban J connectivity index is 1.73. The third kappa shape index (κ3) is 4.61. The standard InChI is InChI=1S/C21H19BrN2O3S/c1-14-4-3-5-20(15(14)2)23-21(25)16-6-10-18(11-7-16)24-28(26,27)19-12-8-17(22)9-13-19/h3-13,24H,1-2H3,(H,23,25). The van der Waals surface area contributed by atoms with Crippen molar-refractivity contribution in [3.63, 3.8) is 0 Å². The number of amides is 1. The van der Waals surface area contributed by atoms with Crippen LogP contribution in [0.1, 0.15) is 21.5 Å². The summed E-state index contributed by atoms with van der Waals surface area (Å²) in [5.74, 6) is -0.254. The number of sulfonamides is 1. The first kappa shape index (κ1) is 20.1. The Morgan fingerprint density at radius 1 is 0.893 bits per heavy atom. The molecule has 0 unspecified atom stereocenters. The smallest absolute Gasteiger partial charge is 0.261 e. The molecule has 0 fully saturated rings. The number of rotatable bonds is 5. The molecule has 2 N–H and O–H groups in total. The molecule has 5 nitrogen and oxygen atoms in total. The van der Waals surface area contributed by atoms with Crippen LogP contribution in [0.5, 0.6) is 0 Å². The average Bonchev–Trinajstić information content (AvgIpc) is 2.66. The molecule has 0 radical (unpaired) electrons. The van der Waals surface area contributed by atoms with Crippen LogP contribution in [0.4, 0.5) is 11.4 Å². The van der Waals surface area contributed by atoms with Gasteiger partial charge < -0.3 is 5.32 Å². The van der Waals surface area contributed by atoms with Crippen molar-refractivity contribution in [2.24, 2.45) is 0 Å². The molecule has 1 amide bonds. The number of hydrogen-bond acceptors (Lipinski definition) is 3. The van der Waals surface area contributed by atoms with Gasteiger partial charge in [-0.25, -0.2) is 8.42 Å². The Kier molecular flexibility index (Phi) is 5.86. The SMILES string of the molecule is Cc1cccc(NC(=O)c2ccc(NS(=O)(=O)c3ccc(Br)cc3)cc2)c1C. The second-order valence-corrected chi connectivity index (χ2v) is 8.94. The van der Waals surface area contributed by atoms with Crippen LogP contribution in [0.25, 0.3) is 0 Å². The van der Waals surface area contributed by atoms with E-state index >= 15 is 0 Å². The van der Waals surface area contributed by atoms with Crippen molar-refractivity contribution >= 4 is 43.2 Å².